The second-order valence-corrected chi connectivity index (χ2v) is 20.4. The maximum Gasteiger partial charge on any atom is 0.268 e. The van der Waals surface area contributed by atoms with Crippen molar-refractivity contribution >= 4 is 54.8 Å². The van der Waals surface area contributed by atoms with Crippen LogP contribution in [-0.2, 0) is 26.5 Å². The van der Waals surface area contributed by atoms with Gasteiger partial charge in [-0.3, -0.25) is 4.57 Å². The molecule has 0 N–H and O–H groups in total. The average Bonchev–Trinajstić information content (AvgIpc) is 3.60. The molecule has 0 saturated carbocycles. The Morgan fingerprint density at radius 2 is 1.22 bits per heavy atom. The third kappa shape index (κ3) is 7.57. The fourth-order valence-electron chi connectivity index (χ4n) is 11.3. The molecule has 0 atom stereocenters. The van der Waals surface area contributed by atoms with Crippen molar-refractivity contribution in [1.82, 2.24) is 14.1 Å². The van der Waals surface area contributed by atoms with E-state index in [2.05, 4.69) is 151 Å². The Hall–Kier alpha value is -9.09. The summed E-state index contributed by atoms with van der Waals surface area (Å²) in [5.41, 5.74) is 15.7. The van der Waals surface area contributed by atoms with Crippen molar-refractivity contribution in [2.24, 2.45) is 0 Å². The number of para-hydroxylation sites is 4. The number of aromatic nitrogens is 4. The molecule has 0 amide bonds. The summed E-state index contributed by atoms with van der Waals surface area (Å²) in [7, 11) is 0. The molecule has 6 nitrogen and oxygen atoms in total. The van der Waals surface area contributed by atoms with E-state index < -0.39 is 18.1 Å². The molecular weight excluding hydrogens is 1120 g/mol. The SMILES string of the molecule is [2H]c1c([2H])c([2H])c(-c2ccc3c(c2)-c2cccc(-c4ccc5oc6ccccc6c5c4)c2-[n+]2[c-]n(-c4[c-]c(Oc5[c-]c6c(cc5)c5ccccc5n6-c5cc(C(C)(C)C)ccn5)ccc4)c4cccc(c42)-c2ccccc2-3)c([2H])c1[2H].[Pt]. The molecule has 0 bridgehead atoms. The zero-order valence-electron chi connectivity index (χ0n) is 46.9. The molecule has 0 fully saturated rings. The van der Waals surface area contributed by atoms with Crippen LogP contribution < -0.4 is 9.30 Å². The minimum absolute atomic E-state index is 0. The van der Waals surface area contributed by atoms with Gasteiger partial charge in [-0.15, -0.1) is 29.7 Å². The normalized spacial score (nSPS) is 12.9. The first-order valence-corrected chi connectivity index (χ1v) is 25.4. The first-order chi connectivity index (χ1) is 39.4. The van der Waals surface area contributed by atoms with Crippen LogP contribution in [0.3, 0.4) is 0 Å². The molecule has 0 saturated heterocycles. The summed E-state index contributed by atoms with van der Waals surface area (Å²) in [4.78, 5) is 4.88. The Morgan fingerprint density at radius 1 is 0.532 bits per heavy atom. The van der Waals surface area contributed by atoms with Crippen molar-refractivity contribution in [3.63, 3.8) is 0 Å². The molecule has 1 aliphatic heterocycles. The molecule has 1 aliphatic rings. The van der Waals surface area contributed by atoms with Crippen LogP contribution in [0.2, 0.25) is 0 Å². The average molecular weight is 1180 g/mol. The summed E-state index contributed by atoms with van der Waals surface area (Å²) < 4.78 is 63.3. The van der Waals surface area contributed by atoms with E-state index in [1.54, 1.807) is 0 Å². The molecule has 0 aliphatic carbocycles. The zero-order chi connectivity index (χ0) is 55.0. The Morgan fingerprint density at radius 3 is 2.09 bits per heavy atom. The van der Waals surface area contributed by atoms with Gasteiger partial charge in [0, 0.05) is 55.1 Å². The van der Waals surface area contributed by atoms with E-state index in [4.69, 9.17) is 21.0 Å². The summed E-state index contributed by atoms with van der Waals surface area (Å²) in [6, 6.07) is 69.2. The number of hydrogen-bond acceptors (Lipinski definition) is 3. The van der Waals surface area contributed by atoms with Gasteiger partial charge in [-0.05, 0) is 120 Å². The predicted octanol–water partition coefficient (Wildman–Crippen LogP) is 17.4. The van der Waals surface area contributed by atoms with Crippen molar-refractivity contribution in [2.75, 3.05) is 0 Å². The Bertz CT molecular complexity index is 4970. The second-order valence-electron chi connectivity index (χ2n) is 20.4. The molecule has 77 heavy (non-hydrogen) atoms. The smallest absolute Gasteiger partial charge is 0.268 e. The summed E-state index contributed by atoms with van der Waals surface area (Å²) >= 11 is 0. The van der Waals surface area contributed by atoms with Crippen LogP contribution in [0.4, 0.5) is 0 Å². The Balaban J connectivity index is 0.00000602. The van der Waals surface area contributed by atoms with Crippen LogP contribution in [0, 0.1) is 18.5 Å². The Kier molecular flexibility index (Phi) is 9.65. The fourth-order valence-corrected chi connectivity index (χ4v) is 11.3. The van der Waals surface area contributed by atoms with E-state index in [-0.39, 0.29) is 44.1 Å². The number of furan rings is 1. The van der Waals surface area contributed by atoms with E-state index in [1.807, 2.05) is 95.7 Å². The quantitative estimate of drug-likeness (QED) is 0.123. The second kappa shape index (κ2) is 18.0. The number of hydrogen-bond donors (Lipinski definition) is 0. The van der Waals surface area contributed by atoms with Gasteiger partial charge in [-0.1, -0.05) is 172 Å². The van der Waals surface area contributed by atoms with Crippen LogP contribution in [0.5, 0.6) is 11.5 Å². The molecule has 0 spiro atoms. The van der Waals surface area contributed by atoms with Crippen LogP contribution in [0.1, 0.15) is 33.2 Å². The number of benzene rings is 10. The number of pyridine rings is 1. The summed E-state index contributed by atoms with van der Waals surface area (Å²) in [6.07, 6.45) is 5.74. The monoisotopic (exact) mass is 1170 g/mol. The van der Waals surface area contributed by atoms with Crippen LogP contribution in [-0.4, -0.2) is 14.1 Å². The topological polar surface area (TPSA) is 49.0 Å². The molecule has 10 aromatic carbocycles. The summed E-state index contributed by atoms with van der Waals surface area (Å²) in [5.74, 6) is 1.81. The van der Waals surface area contributed by atoms with Gasteiger partial charge >= 0.3 is 0 Å². The molecule has 15 rings (SSSR count). The van der Waals surface area contributed by atoms with E-state index in [1.165, 1.54) is 5.56 Å². The molecule has 7 heteroatoms. The van der Waals surface area contributed by atoms with Gasteiger partial charge < -0.3 is 18.3 Å². The van der Waals surface area contributed by atoms with E-state index >= 15 is 0 Å². The molecule has 4 aromatic heterocycles. The van der Waals surface area contributed by atoms with Crippen molar-refractivity contribution in [2.45, 2.75) is 26.2 Å². The van der Waals surface area contributed by atoms with Crippen molar-refractivity contribution in [1.29, 1.82) is 0 Å². The van der Waals surface area contributed by atoms with Gasteiger partial charge in [0.2, 0.25) is 0 Å². The molecule has 370 valence electrons. The molecule has 5 heterocycles. The molecule has 0 radical (unpaired) electrons. The molecule has 14 aromatic rings. The maximum absolute atomic E-state index is 9.08. The standard InChI is InChI=1S/C70H46N4O2.Pt/c1-70(2,3)47-36-37-71-67(40-47)74-62-27-11-9-22-55(62)56-34-32-50(42-64(56)74)75-49-19-13-18-48(41-49)72-43-73-68-51(46-31-35-66-61(39-46)57-23-10-12-29-65(57)76-66)24-14-25-59(68)60-38-45(44-16-5-4-6-17-44)30-33-54(60)52-20-7-8-21-53(52)58-26-15-28-63(72)69(58)73;/h4-40H,1-3H3;/q-2;/i4D,5D,6D,16D,17D;. The van der Waals surface area contributed by atoms with Gasteiger partial charge in [0.1, 0.15) is 17.0 Å². The van der Waals surface area contributed by atoms with E-state index in [9.17, 15) is 0 Å². The van der Waals surface area contributed by atoms with Gasteiger partial charge in [0.25, 0.3) is 6.33 Å². The maximum atomic E-state index is 9.08. The van der Waals surface area contributed by atoms with Crippen LogP contribution in [0.15, 0.2) is 229 Å². The van der Waals surface area contributed by atoms with E-state index in [0.717, 1.165) is 111 Å². The predicted molar refractivity (Wildman–Crippen MR) is 307 cm³/mol. The number of imidazole rings is 1. The largest absolute Gasteiger partial charge is 0.510 e. The van der Waals surface area contributed by atoms with Gasteiger partial charge in [0.15, 0.2) is 0 Å². The van der Waals surface area contributed by atoms with Crippen LogP contribution >= 0.6 is 0 Å². The fraction of sp³-hybridized carbons (Fsp3) is 0.0571. The number of rotatable bonds is 6. The van der Waals surface area contributed by atoms with Crippen LogP contribution in [0.25, 0.3) is 128 Å². The zero-order valence-corrected chi connectivity index (χ0v) is 44.2. The summed E-state index contributed by atoms with van der Waals surface area (Å²) in [6.45, 7) is 6.62. The van der Waals surface area contributed by atoms with Gasteiger partial charge in [0.05, 0.1) is 23.6 Å². The Labute approximate surface area is 467 Å². The van der Waals surface area contributed by atoms with Gasteiger partial charge in [-0.2, -0.15) is 18.2 Å². The first-order valence-electron chi connectivity index (χ1n) is 27.9. The summed E-state index contributed by atoms with van der Waals surface area (Å²) in [5, 5.41) is 4.11. The van der Waals surface area contributed by atoms with Crippen molar-refractivity contribution in [3.8, 4) is 84.3 Å². The minimum Gasteiger partial charge on any atom is -0.510 e. The van der Waals surface area contributed by atoms with Crippen molar-refractivity contribution < 1.29 is 41.6 Å². The number of nitrogens with zero attached hydrogens (tertiary/aromatic N) is 4. The number of ether oxygens (including phenoxy) is 1. The molecule has 0 unspecified atom stereocenters. The minimum atomic E-state index is -0.439. The van der Waals surface area contributed by atoms with Gasteiger partial charge in [-0.25, -0.2) is 4.98 Å². The third-order valence-electron chi connectivity index (χ3n) is 14.8. The third-order valence-corrected chi connectivity index (χ3v) is 14.8. The van der Waals surface area contributed by atoms with Crippen molar-refractivity contribution in [3.05, 3.63) is 248 Å². The molecular formula is C70H46N4O2Pt-2. The first kappa shape index (κ1) is 41.2. The van der Waals surface area contributed by atoms with E-state index in [0.29, 0.717) is 22.7 Å². The number of fused-ring (bicyclic) bond motifs is 13.